The van der Waals surface area contributed by atoms with Gasteiger partial charge in [0, 0.05) is 22.3 Å². The Morgan fingerprint density at radius 1 is 0.839 bits per heavy atom. The molecule has 0 saturated carbocycles. The number of carbonyl (C=O) groups excluding carboxylic acids is 2. The summed E-state index contributed by atoms with van der Waals surface area (Å²) < 4.78 is 0. The Bertz CT molecular complexity index is 1100. The van der Waals surface area contributed by atoms with Crippen molar-refractivity contribution in [3.8, 4) is 0 Å². The summed E-state index contributed by atoms with van der Waals surface area (Å²) in [6.45, 7) is 0. The van der Waals surface area contributed by atoms with E-state index in [2.05, 4.69) is 10.6 Å². The summed E-state index contributed by atoms with van der Waals surface area (Å²) in [6.07, 6.45) is 3.21. The number of hydrogen-bond acceptors (Lipinski definition) is 4. The molecule has 31 heavy (non-hydrogen) atoms. The number of anilines is 2. The molecule has 0 heterocycles. The van der Waals surface area contributed by atoms with Crippen molar-refractivity contribution < 1.29 is 19.5 Å². The zero-order valence-electron chi connectivity index (χ0n) is 16.4. The first-order valence-corrected chi connectivity index (χ1v) is 10.4. The number of rotatable bonds is 8. The third-order valence-electron chi connectivity index (χ3n) is 4.11. The van der Waals surface area contributed by atoms with Crippen LogP contribution in [0, 0.1) is 0 Å². The van der Waals surface area contributed by atoms with Crippen LogP contribution < -0.4 is 10.6 Å². The summed E-state index contributed by atoms with van der Waals surface area (Å²) in [5, 5.41) is 14.4. The first-order valence-electron chi connectivity index (χ1n) is 9.40. The highest BCUT2D eigenvalue weighted by Gasteiger charge is 2.07. The average Bonchev–Trinajstić information content (AvgIpc) is 2.78. The topological polar surface area (TPSA) is 95.5 Å². The van der Waals surface area contributed by atoms with Crippen molar-refractivity contribution in [2.75, 3.05) is 16.4 Å². The number of nitrogens with one attached hydrogen (secondary N) is 2. The lowest BCUT2D eigenvalue weighted by Crippen LogP contribution is -2.14. The molecule has 3 rings (SSSR count). The van der Waals surface area contributed by atoms with Crippen molar-refractivity contribution >= 4 is 47.0 Å². The molecule has 0 spiro atoms. The highest BCUT2D eigenvalue weighted by molar-refractivity contribution is 8.00. The summed E-state index contributed by atoms with van der Waals surface area (Å²) in [7, 11) is 0. The van der Waals surface area contributed by atoms with Crippen LogP contribution >= 0.6 is 11.8 Å². The molecule has 2 amide bonds. The molecule has 0 bridgehead atoms. The predicted octanol–water partition coefficient (Wildman–Crippen LogP) is 4.77. The van der Waals surface area contributed by atoms with Gasteiger partial charge in [-0.3, -0.25) is 9.59 Å². The van der Waals surface area contributed by atoms with Crippen LogP contribution in [0.15, 0.2) is 89.8 Å². The van der Waals surface area contributed by atoms with E-state index in [0.717, 1.165) is 10.5 Å². The van der Waals surface area contributed by atoms with Crippen molar-refractivity contribution in [1.82, 2.24) is 0 Å². The Balaban J connectivity index is 1.50. The second-order valence-electron chi connectivity index (χ2n) is 6.48. The zero-order valence-corrected chi connectivity index (χ0v) is 17.3. The van der Waals surface area contributed by atoms with Gasteiger partial charge in [-0.2, -0.15) is 0 Å². The van der Waals surface area contributed by atoms with Gasteiger partial charge in [0.05, 0.1) is 11.3 Å². The van der Waals surface area contributed by atoms with E-state index in [1.54, 1.807) is 36.4 Å². The number of carboxylic acids is 1. The molecule has 0 radical (unpaired) electrons. The fraction of sp³-hybridized carbons (Fsp3) is 0.0417. The molecule has 0 aromatic heterocycles. The van der Waals surface area contributed by atoms with E-state index >= 15 is 0 Å². The van der Waals surface area contributed by atoms with E-state index < -0.39 is 5.97 Å². The van der Waals surface area contributed by atoms with Crippen molar-refractivity contribution in [1.29, 1.82) is 0 Å². The van der Waals surface area contributed by atoms with Crippen LogP contribution in [0.25, 0.3) is 6.08 Å². The molecule has 7 heteroatoms. The second kappa shape index (κ2) is 10.8. The molecule has 156 valence electrons. The van der Waals surface area contributed by atoms with Crippen LogP contribution in [0.1, 0.15) is 15.9 Å². The van der Waals surface area contributed by atoms with Gasteiger partial charge in [0.2, 0.25) is 11.8 Å². The quantitative estimate of drug-likeness (QED) is 0.352. The molecule has 0 fully saturated rings. The van der Waals surface area contributed by atoms with Crippen molar-refractivity contribution in [3.63, 3.8) is 0 Å². The van der Waals surface area contributed by atoms with Crippen molar-refractivity contribution in [2.24, 2.45) is 0 Å². The van der Waals surface area contributed by atoms with E-state index in [9.17, 15) is 14.4 Å². The molecule has 3 aromatic rings. The number of hydrogen-bond donors (Lipinski definition) is 3. The van der Waals surface area contributed by atoms with Crippen LogP contribution in [0.2, 0.25) is 0 Å². The number of benzene rings is 3. The van der Waals surface area contributed by atoms with Gasteiger partial charge in [-0.15, -0.1) is 11.8 Å². The SMILES string of the molecule is O=C(/C=C/c1ccccc1)Nc1cccc(SCC(=O)Nc2ccc(C(=O)O)cc2)c1. The highest BCUT2D eigenvalue weighted by atomic mass is 32.2. The van der Waals surface area contributed by atoms with Crippen molar-refractivity contribution in [2.45, 2.75) is 4.90 Å². The van der Waals surface area contributed by atoms with Crippen LogP contribution in [-0.2, 0) is 9.59 Å². The lowest BCUT2D eigenvalue weighted by Gasteiger charge is -2.07. The van der Waals surface area contributed by atoms with Crippen LogP contribution in [0.4, 0.5) is 11.4 Å². The van der Waals surface area contributed by atoms with Gasteiger partial charge in [-0.05, 0) is 54.1 Å². The molecule has 0 aliphatic rings. The Kier molecular flexibility index (Phi) is 7.61. The molecule has 6 nitrogen and oxygen atoms in total. The molecule has 0 unspecified atom stereocenters. The molecular weight excluding hydrogens is 412 g/mol. The molecule has 3 aromatic carbocycles. The van der Waals surface area contributed by atoms with Gasteiger partial charge in [-0.1, -0.05) is 36.4 Å². The highest BCUT2D eigenvalue weighted by Crippen LogP contribution is 2.22. The predicted molar refractivity (Wildman–Crippen MR) is 123 cm³/mol. The summed E-state index contributed by atoms with van der Waals surface area (Å²) in [6, 6.07) is 22.7. The Morgan fingerprint density at radius 3 is 2.29 bits per heavy atom. The lowest BCUT2D eigenvalue weighted by molar-refractivity contribution is -0.114. The van der Waals surface area contributed by atoms with Gasteiger partial charge >= 0.3 is 5.97 Å². The largest absolute Gasteiger partial charge is 0.478 e. The molecule has 0 atom stereocenters. The minimum absolute atomic E-state index is 0.157. The van der Waals surface area contributed by atoms with E-state index in [-0.39, 0.29) is 23.1 Å². The van der Waals surface area contributed by atoms with Gasteiger partial charge < -0.3 is 15.7 Å². The van der Waals surface area contributed by atoms with Gasteiger partial charge in [0.1, 0.15) is 0 Å². The maximum Gasteiger partial charge on any atom is 0.335 e. The van der Waals surface area contributed by atoms with E-state index in [4.69, 9.17) is 5.11 Å². The molecule has 3 N–H and O–H groups in total. The maximum absolute atomic E-state index is 12.2. The van der Waals surface area contributed by atoms with E-state index in [1.165, 1.54) is 30.0 Å². The van der Waals surface area contributed by atoms with Crippen LogP contribution in [0.3, 0.4) is 0 Å². The summed E-state index contributed by atoms with van der Waals surface area (Å²) in [4.78, 5) is 36.0. The van der Waals surface area contributed by atoms with E-state index in [0.29, 0.717) is 11.4 Å². The number of carboxylic acid groups (broad SMARTS) is 1. The number of carbonyl (C=O) groups is 3. The molecular formula is C24H20N2O4S. The van der Waals surface area contributed by atoms with Crippen LogP contribution in [-0.4, -0.2) is 28.6 Å². The number of thioether (sulfide) groups is 1. The summed E-state index contributed by atoms with van der Waals surface area (Å²) >= 11 is 1.33. The van der Waals surface area contributed by atoms with Gasteiger partial charge in [0.15, 0.2) is 0 Å². The fourth-order valence-electron chi connectivity index (χ4n) is 2.63. The van der Waals surface area contributed by atoms with Crippen LogP contribution in [0.5, 0.6) is 0 Å². The minimum Gasteiger partial charge on any atom is -0.478 e. The molecule has 0 aliphatic carbocycles. The average molecular weight is 433 g/mol. The zero-order chi connectivity index (χ0) is 22.1. The Hall–Kier alpha value is -3.84. The smallest absolute Gasteiger partial charge is 0.335 e. The summed E-state index contributed by atoms with van der Waals surface area (Å²) in [5.41, 5.74) is 2.26. The normalized spacial score (nSPS) is 10.6. The standard InChI is InChI=1S/C24H20N2O4S/c27-22(14-9-17-5-2-1-3-6-17)26-20-7-4-8-21(15-20)31-16-23(28)25-19-12-10-18(11-13-19)24(29)30/h1-15H,16H2,(H,25,28)(H,26,27)(H,29,30)/b14-9+. The Labute approximate surface area is 184 Å². The minimum atomic E-state index is -1.02. The molecule has 0 aliphatic heterocycles. The Morgan fingerprint density at radius 2 is 1.58 bits per heavy atom. The fourth-order valence-corrected chi connectivity index (χ4v) is 3.38. The first-order chi connectivity index (χ1) is 15.0. The lowest BCUT2D eigenvalue weighted by atomic mass is 10.2. The maximum atomic E-state index is 12.2. The third kappa shape index (κ3) is 7.17. The van der Waals surface area contributed by atoms with E-state index in [1.807, 2.05) is 36.4 Å². The van der Waals surface area contributed by atoms with Crippen molar-refractivity contribution in [3.05, 3.63) is 96.1 Å². The second-order valence-corrected chi connectivity index (χ2v) is 7.53. The monoisotopic (exact) mass is 432 g/mol. The number of amides is 2. The van der Waals surface area contributed by atoms with Gasteiger partial charge in [0.25, 0.3) is 0 Å². The third-order valence-corrected chi connectivity index (χ3v) is 5.11. The molecule has 0 saturated heterocycles. The van der Waals surface area contributed by atoms with Gasteiger partial charge in [-0.25, -0.2) is 4.79 Å². The number of aromatic carboxylic acids is 1. The first kappa shape index (κ1) is 21.9. The summed E-state index contributed by atoms with van der Waals surface area (Å²) in [5.74, 6) is -1.30.